The van der Waals surface area contributed by atoms with E-state index in [1.807, 2.05) is 43.4 Å². The number of fused-ring (bicyclic) bond motifs is 3. The number of aromatic nitrogens is 7. The number of hydrogen-bond donors (Lipinski definition) is 3. The lowest BCUT2D eigenvalue weighted by molar-refractivity contribution is 0.173. The third kappa shape index (κ3) is 3.98. The van der Waals surface area contributed by atoms with Gasteiger partial charge in [-0.2, -0.15) is 15.1 Å². The summed E-state index contributed by atoms with van der Waals surface area (Å²) in [5.41, 5.74) is 4.87. The van der Waals surface area contributed by atoms with Gasteiger partial charge in [0.2, 0.25) is 5.95 Å². The van der Waals surface area contributed by atoms with Crippen LogP contribution in [0.15, 0.2) is 61.2 Å². The van der Waals surface area contributed by atoms with Crippen LogP contribution in [0.1, 0.15) is 0 Å². The topological polar surface area (TPSA) is 145 Å². The van der Waals surface area contributed by atoms with Gasteiger partial charge >= 0.3 is 0 Å². The highest BCUT2D eigenvalue weighted by molar-refractivity contribution is 7.35. The summed E-state index contributed by atoms with van der Waals surface area (Å²) in [6, 6.07) is 11.3. The highest BCUT2D eigenvalue weighted by atomic mass is 31.1. The fraction of sp³-hybridized carbons (Fsp3) is 0.115. The highest BCUT2D eigenvalue weighted by Gasteiger charge is 2.23. The van der Waals surface area contributed by atoms with Gasteiger partial charge in [0.05, 0.1) is 33.3 Å². The first-order valence-electron chi connectivity index (χ1n) is 12.1. The zero-order valence-corrected chi connectivity index (χ0v) is 21.4. The van der Waals surface area contributed by atoms with Crippen molar-refractivity contribution in [3.63, 3.8) is 0 Å². The number of aryl methyl sites for hydroxylation is 1. The fourth-order valence-corrected chi connectivity index (χ4v) is 5.12. The Balaban J connectivity index is 1.29. The molecule has 3 N–H and O–H groups in total. The van der Waals surface area contributed by atoms with Crippen LogP contribution in [0.4, 0.5) is 23.1 Å². The quantitative estimate of drug-likeness (QED) is 0.260. The molecule has 0 bridgehead atoms. The Bertz CT molecular complexity index is 1880. The van der Waals surface area contributed by atoms with Gasteiger partial charge in [0, 0.05) is 37.4 Å². The summed E-state index contributed by atoms with van der Waals surface area (Å²) in [4.78, 5) is 21.2. The maximum Gasteiger partial charge on any atom is 0.231 e. The summed E-state index contributed by atoms with van der Waals surface area (Å²) in [5, 5.41) is 12.1. The highest BCUT2D eigenvalue weighted by Crippen LogP contribution is 2.45. The van der Waals surface area contributed by atoms with E-state index < -0.39 is 0 Å². The van der Waals surface area contributed by atoms with E-state index in [1.165, 1.54) is 0 Å². The number of anilines is 4. The Morgan fingerprint density at radius 1 is 0.923 bits per heavy atom. The van der Waals surface area contributed by atoms with Gasteiger partial charge in [-0.3, -0.25) is 19.2 Å². The molecule has 192 valence electrons. The largest absolute Gasteiger partial charge is 0.485 e. The standard InChI is InChI=1S/C26H20N9O3P/c1-35-19(7-9-30-35)14-2-3-17(22-21(14)37-12-13-38-22)32-26-33-24-15(6-8-29-24)25(34-26)31-18-5-4-16-20(23(18)39-36)28-11-10-27-16/h2-11H,12-13H2,1H3,(H3,29,31,32,33,34). The summed E-state index contributed by atoms with van der Waals surface area (Å²) < 4.78 is 26.0. The van der Waals surface area contributed by atoms with Crippen molar-refractivity contribution in [2.24, 2.45) is 7.05 Å². The molecular formula is C26H20N9O3P. The van der Waals surface area contributed by atoms with Crippen LogP contribution in [0, 0.1) is 0 Å². The summed E-state index contributed by atoms with van der Waals surface area (Å²) in [5.74, 6) is 2.06. The van der Waals surface area contributed by atoms with Gasteiger partial charge in [-0.15, -0.1) is 0 Å². The van der Waals surface area contributed by atoms with Gasteiger partial charge in [0.25, 0.3) is 0 Å². The summed E-state index contributed by atoms with van der Waals surface area (Å²) in [6.45, 7) is 0.861. The summed E-state index contributed by atoms with van der Waals surface area (Å²) in [6.07, 6.45) is 6.70. The Hall–Kier alpha value is -5.09. The van der Waals surface area contributed by atoms with E-state index in [9.17, 15) is 4.57 Å². The molecule has 0 fully saturated rings. The van der Waals surface area contributed by atoms with Crippen molar-refractivity contribution < 1.29 is 14.0 Å². The van der Waals surface area contributed by atoms with Gasteiger partial charge in [-0.25, -0.2) is 0 Å². The second-order valence-electron chi connectivity index (χ2n) is 8.72. The second kappa shape index (κ2) is 9.34. The third-order valence-electron chi connectivity index (χ3n) is 6.41. The molecule has 0 saturated heterocycles. The minimum Gasteiger partial charge on any atom is -0.485 e. The van der Waals surface area contributed by atoms with Gasteiger partial charge < -0.3 is 25.1 Å². The SMILES string of the molecule is Cn1nccc1-c1ccc(Nc2nc(Nc3ccc4nccnc4c3P=O)c3cc[nH]c3n2)c2c1OCCO2. The average molecular weight is 537 g/mol. The molecule has 4 aromatic heterocycles. The molecule has 5 heterocycles. The lowest BCUT2D eigenvalue weighted by Gasteiger charge is -2.24. The predicted molar refractivity (Wildman–Crippen MR) is 147 cm³/mol. The minimum absolute atomic E-state index is 0.188. The average Bonchev–Trinajstić information content (AvgIpc) is 3.62. The first-order valence-corrected chi connectivity index (χ1v) is 12.9. The van der Waals surface area contributed by atoms with E-state index in [4.69, 9.17) is 14.5 Å². The molecule has 0 amide bonds. The Morgan fingerprint density at radius 3 is 2.62 bits per heavy atom. The fourth-order valence-electron chi connectivity index (χ4n) is 4.63. The number of rotatable bonds is 6. The number of aromatic amines is 1. The Labute approximate surface area is 222 Å². The number of H-pyrrole nitrogens is 1. The number of ether oxygens (including phenoxy) is 2. The van der Waals surface area contributed by atoms with Crippen LogP contribution in [0.3, 0.4) is 0 Å². The molecule has 1 aliphatic rings. The van der Waals surface area contributed by atoms with E-state index in [-0.39, 0.29) is 8.46 Å². The van der Waals surface area contributed by atoms with Gasteiger partial charge in [-0.1, -0.05) is 0 Å². The number of nitrogens with zero attached hydrogens (tertiary/aromatic N) is 6. The molecule has 0 atom stereocenters. The first-order chi connectivity index (χ1) is 19.2. The number of hydrogen-bond acceptors (Lipinski definition) is 10. The molecule has 0 spiro atoms. The zero-order chi connectivity index (χ0) is 26.3. The van der Waals surface area contributed by atoms with E-state index in [0.29, 0.717) is 69.8 Å². The molecule has 2 aromatic carbocycles. The Morgan fingerprint density at radius 2 is 1.77 bits per heavy atom. The van der Waals surface area contributed by atoms with Crippen LogP contribution in [0.25, 0.3) is 33.3 Å². The maximum absolute atomic E-state index is 12.1. The van der Waals surface area contributed by atoms with Gasteiger partial charge in [0.15, 0.2) is 20.0 Å². The molecule has 0 aliphatic carbocycles. The van der Waals surface area contributed by atoms with E-state index in [1.54, 1.807) is 29.5 Å². The van der Waals surface area contributed by atoms with Crippen LogP contribution in [-0.4, -0.2) is 47.9 Å². The predicted octanol–water partition coefficient (Wildman–Crippen LogP) is 4.48. The van der Waals surface area contributed by atoms with Crippen molar-refractivity contribution in [2.45, 2.75) is 0 Å². The second-order valence-corrected chi connectivity index (χ2v) is 9.35. The van der Waals surface area contributed by atoms with E-state index >= 15 is 0 Å². The first kappa shape index (κ1) is 23.1. The molecule has 0 radical (unpaired) electrons. The van der Waals surface area contributed by atoms with Crippen molar-refractivity contribution in [1.29, 1.82) is 0 Å². The monoisotopic (exact) mass is 537 g/mol. The van der Waals surface area contributed by atoms with E-state index in [2.05, 4.69) is 35.7 Å². The van der Waals surface area contributed by atoms with Crippen molar-refractivity contribution in [3.8, 4) is 22.8 Å². The van der Waals surface area contributed by atoms with Crippen LogP contribution in [0.5, 0.6) is 11.5 Å². The van der Waals surface area contributed by atoms with Gasteiger partial charge in [0.1, 0.15) is 30.2 Å². The van der Waals surface area contributed by atoms with E-state index in [0.717, 1.165) is 16.6 Å². The van der Waals surface area contributed by atoms with Crippen LogP contribution >= 0.6 is 8.46 Å². The van der Waals surface area contributed by atoms with Crippen molar-refractivity contribution in [3.05, 3.63) is 61.2 Å². The zero-order valence-electron chi connectivity index (χ0n) is 20.5. The molecular weight excluding hydrogens is 517 g/mol. The number of benzene rings is 2. The molecule has 6 aromatic rings. The molecule has 7 rings (SSSR count). The Kier molecular flexibility index (Phi) is 5.52. The number of nitrogens with one attached hydrogen (secondary N) is 3. The van der Waals surface area contributed by atoms with Crippen molar-refractivity contribution in [1.82, 2.24) is 34.7 Å². The minimum atomic E-state index is -0.188. The lowest BCUT2D eigenvalue weighted by atomic mass is 10.1. The van der Waals surface area contributed by atoms with Crippen molar-refractivity contribution in [2.75, 3.05) is 23.8 Å². The maximum atomic E-state index is 12.1. The van der Waals surface area contributed by atoms with Crippen LogP contribution in [0.2, 0.25) is 0 Å². The lowest BCUT2D eigenvalue weighted by Crippen LogP contribution is -2.17. The third-order valence-corrected chi connectivity index (χ3v) is 7.04. The molecule has 1 aliphatic heterocycles. The normalized spacial score (nSPS) is 12.7. The summed E-state index contributed by atoms with van der Waals surface area (Å²) in [7, 11) is 1.69. The van der Waals surface area contributed by atoms with Gasteiger partial charge in [-0.05, 0) is 36.4 Å². The molecule has 0 unspecified atom stereocenters. The molecule has 13 heteroatoms. The van der Waals surface area contributed by atoms with Crippen molar-refractivity contribution >= 4 is 59.0 Å². The molecule has 0 saturated carbocycles. The smallest absolute Gasteiger partial charge is 0.231 e. The van der Waals surface area contributed by atoms with Crippen LogP contribution < -0.4 is 25.4 Å². The van der Waals surface area contributed by atoms with Crippen LogP contribution in [-0.2, 0) is 11.6 Å². The summed E-state index contributed by atoms with van der Waals surface area (Å²) >= 11 is 0. The molecule has 39 heavy (non-hydrogen) atoms. The molecule has 12 nitrogen and oxygen atoms in total.